The van der Waals surface area contributed by atoms with E-state index in [-0.39, 0.29) is 11.8 Å². The molecule has 2 rings (SSSR count). The third-order valence-electron chi connectivity index (χ3n) is 3.41. The zero-order valence-corrected chi connectivity index (χ0v) is 12.5. The summed E-state index contributed by atoms with van der Waals surface area (Å²) in [4.78, 5) is 11.9. The van der Waals surface area contributed by atoms with Crippen LogP contribution in [0.2, 0.25) is 0 Å². The van der Waals surface area contributed by atoms with Crippen molar-refractivity contribution in [2.45, 2.75) is 26.9 Å². The average molecular weight is 283 g/mol. The smallest absolute Gasteiger partial charge is 0.227 e. The van der Waals surface area contributed by atoms with E-state index in [1.54, 1.807) is 0 Å². The molecule has 3 heteroatoms. The number of rotatable bonds is 6. The summed E-state index contributed by atoms with van der Waals surface area (Å²) < 4.78 is 5.75. The summed E-state index contributed by atoms with van der Waals surface area (Å²) in [5.74, 6) is 0.803. The molecular formula is C18H21NO2. The Morgan fingerprint density at radius 2 is 1.90 bits per heavy atom. The Morgan fingerprint density at radius 3 is 2.62 bits per heavy atom. The Balaban J connectivity index is 1.96. The van der Waals surface area contributed by atoms with Gasteiger partial charge in [-0.15, -0.1) is 0 Å². The fraction of sp³-hybridized carbons (Fsp3) is 0.278. The van der Waals surface area contributed by atoms with E-state index in [0.717, 1.165) is 23.4 Å². The van der Waals surface area contributed by atoms with E-state index in [0.29, 0.717) is 6.61 Å². The monoisotopic (exact) mass is 283 g/mol. The van der Waals surface area contributed by atoms with E-state index in [1.165, 1.54) is 0 Å². The maximum atomic E-state index is 11.9. The highest BCUT2D eigenvalue weighted by molar-refractivity contribution is 5.92. The van der Waals surface area contributed by atoms with Crippen LogP contribution in [0.15, 0.2) is 54.6 Å². The number of benzene rings is 2. The molecule has 0 spiro atoms. The first kappa shape index (κ1) is 15.1. The molecule has 1 atom stereocenters. The van der Waals surface area contributed by atoms with Crippen LogP contribution in [0.5, 0.6) is 5.75 Å². The zero-order valence-electron chi connectivity index (χ0n) is 12.5. The normalized spacial score (nSPS) is 11.7. The van der Waals surface area contributed by atoms with Crippen LogP contribution in [-0.4, -0.2) is 5.91 Å². The van der Waals surface area contributed by atoms with E-state index < -0.39 is 0 Å². The molecule has 0 aliphatic carbocycles. The summed E-state index contributed by atoms with van der Waals surface area (Å²) in [5, 5.41) is 2.91. The molecule has 1 amide bonds. The van der Waals surface area contributed by atoms with Crippen LogP contribution >= 0.6 is 0 Å². The minimum absolute atomic E-state index is 0.0129. The molecule has 0 aliphatic heterocycles. The lowest BCUT2D eigenvalue weighted by Gasteiger charge is -2.11. The average Bonchev–Trinajstić information content (AvgIpc) is 2.53. The van der Waals surface area contributed by atoms with E-state index in [2.05, 4.69) is 5.32 Å². The van der Waals surface area contributed by atoms with E-state index in [1.807, 2.05) is 68.4 Å². The summed E-state index contributed by atoms with van der Waals surface area (Å²) in [6.45, 7) is 4.44. The number of amides is 1. The molecule has 0 saturated heterocycles. The molecule has 2 aromatic carbocycles. The summed E-state index contributed by atoms with van der Waals surface area (Å²) in [7, 11) is 0. The molecule has 0 radical (unpaired) electrons. The topological polar surface area (TPSA) is 38.3 Å². The Bertz CT molecular complexity index is 581. The van der Waals surface area contributed by atoms with Gasteiger partial charge in [0, 0.05) is 17.7 Å². The Morgan fingerprint density at radius 1 is 1.14 bits per heavy atom. The standard InChI is InChI=1S/C18H21NO2/c1-3-14(2)18(20)19-16-10-7-11-17(12-16)21-13-15-8-5-4-6-9-15/h4-12,14H,3,13H2,1-2H3,(H,19,20). The number of carbonyl (C=O) groups excluding carboxylic acids is 1. The van der Waals surface area contributed by atoms with E-state index >= 15 is 0 Å². The van der Waals surface area contributed by atoms with E-state index in [4.69, 9.17) is 4.74 Å². The molecular weight excluding hydrogens is 262 g/mol. The van der Waals surface area contributed by atoms with Crippen LogP contribution in [0.3, 0.4) is 0 Å². The number of ether oxygens (including phenoxy) is 1. The number of hydrogen-bond acceptors (Lipinski definition) is 2. The lowest BCUT2D eigenvalue weighted by molar-refractivity contribution is -0.119. The van der Waals surface area contributed by atoms with Gasteiger partial charge in [-0.05, 0) is 24.1 Å². The second-order valence-electron chi connectivity index (χ2n) is 5.10. The van der Waals surface area contributed by atoms with Crippen LogP contribution in [0.4, 0.5) is 5.69 Å². The highest BCUT2D eigenvalue weighted by atomic mass is 16.5. The first-order chi connectivity index (χ1) is 10.2. The van der Waals surface area contributed by atoms with Crippen molar-refractivity contribution >= 4 is 11.6 Å². The van der Waals surface area contributed by atoms with Crippen molar-refractivity contribution in [2.75, 3.05) is 5.32 Å². The third-order valence-corrected chi connectivity index (χ3v) is 3.41. The summed E-state index contributed by atoms with van der Waals surface area (Å²) in [6.07, 6.45) is 0.829. The zero-order chi connectivity index (χ0) is 15.1. The minimum atomic E-state index is 0.0129. The van der Waals surface area contributed by atoms with Crippen molar-refractivity contribution < 1.29 is 9.53 Å². The number of hydrogen-bond donors (Lipinski definition) is 1. The molecule has 1 unspecified atom stereocenters. The second kappa shape index (κ2) is 7.48. The summed E-state index contributed by atoms with van der Waals surface area (Å²) >= 11 is 0. The molecule has 110 valence electrons. The highest BCUT2D eigenvalue weighted by Crippen LogP contribution is 2.19. The van der Waals surface area contributed by atoms with Gasteiger partial charge in [0.15, 0.2) is 0 Å². The largest absolute Gasteiger partial charge is 0.489 e. The van der Waals surface area contributed by atoms with Gasteiger partial charge in [0.2, 0.25) is 5.91 Å². The first-order valence-corrected chi connectivity index (χ1v) is 7.26. The van der Waals surface area contributed by atoms with Crippen molar-refractivity contribution in [3.63, 3.8) is 0 Å². The van der Waals surface area contributed by atoms with Gasteiger partial charge < -0.3 is 10.1 Å². The molecule has 0 aromatic heterocycles. The summed E-state index contributed by atoms with van der Waals surface area (Å²) in [5.41, 5.74) is 1.89. The van der Waals surface area contributed by atoms with Crippen LogP contribution in [0, 0.1) is 5.92 Å². The first-order valence-electron chi connectivity index (χ1n) is 7.26. The predicted molar refractivity (Wildman–Crippen MR) is 85.3 cm³/mol. The van der Waals surface area contributed by atoms with Crippen molar-refractivity contribution in [3.05, 3.63) is 60.2 Å². The van der Waals surface area contributed by atoms with Crippen LogP contribution in [0.1, 0.15) is 25.8 Å². The van der Waals surface area contributed by atoms with Gasteiger partial charge in [0.05, 0.1) is 0 Å². The quantitative estimate of drug-likeness (QED) is 0.860. The fourth-order valence-corrected chi connectivity index (χ4v) is 1.86. The van der Waals surface area contributed by atoms with Crippen molar-refractivity contribution in [1.82, 2.24) is 0 Å². The Kier molecular flexibility index (Phi) is 5.38. The van der Waals surface area contributed by atoms with Gasteiger partial charge >= 0.3 is 0 Å². The molecule has 21 heavy (non-hydrogen) atoms. The third kappa shape index (κ3) is 4.63. The fourth-order valence-electron chi connectivity index (χ4n) is 1.86. The van der Waals surface area contributed by atoms with Gasteiger partial charge in [-0.3, -0.25) is 4.79 Å². The molecule has 1 N–H and O–H groups in total. The SMILES string of the molecule is CCC(C)C(=O)Nc1cccc(OCc2ccccc2)c1. The number of carbonyl (C=O) groups is 1. The minimum Gasteiger partial charge on any atom is -0.489 e. The van der Waals surface area contributed by atoms with Gasteiger partial charge in [-0.25, -0.2) is 0 Å². The Hall–Kier alpha value is -2.29. The lowest BCUT2D eigenvalue weighted by Crippen LogP contribution is -2.19. The Labute approximate surface area is 126 Å². The van der Waals surface area contributed by atoms with Gasteiger partial charge in [-0.1, -0.05) is 50.2 Å². The summed E-state index contributed by atoms with van der Waals surface area (Å²) in [6, 6.07) is 17.5. The van der Waals surface area contributed by atoms with Crippen molar-refractivity contribution in [2.24, 2.45) is 5.92 Å². The van der Waals surface area contributed by atoms with Crippen LogP contribution in [-0.2, 0) is 11.4 Å². The highest BCUT2D eigenvalue weighted by Gasteiger charge is 2.10. The maximum absolute atomic E-state index is 11.9. The molecule has 0 aliphatic rings. The van der Waals surface area contributed by atoms with Crippen molar-refractivity contribution in [1.29, 1.82) is 0 Å². The van der Waals surface area contributed by atoms with Gasteiger partial charge in [0.1, 0.15) is 12.4 Å². The molecule has 3 nitrogen and oxygen atoms in total. The van der Waals surface area contributed by atoms with Crippen molar-refractivity contribution in [3.8, 4) is 5.75 Å². The van der Waals surface area contributed by atoms with Crippen LogP contribution in [0.25, 0.3) is 0 Å². The van der Waals surface area contributed by atoms with Gasteiger partial charge in [0.25, 0.3) is 0 Å². The molecule has 2 aromatic rings. The van der Waals surface area contributed by atoms with Crippen LogP contribution < -0.4 is 10.1 Å². The number of nitrogens with one attached hydrogen (secondary N) is 1. The molecule has 0 heterocycles. The second-order valence-corrected chi connectivity index (χ2v) is 5.10. The molecule has 0 bridgehead atoms. The molecule has 0 fully saturated rings. The maximum Gasteiger partial charge on any atom is 0.227 e. The predicted octanol–water partition coefficient (Wildman–Crippen LogP) is 4.25. The molecule has 0 saturated carbocycles. The lowest BCUT2D eigenvalue weighted by atomic mass is 10.1. The van der Waals surface area contributed by atoms with E-state index in [9.17, 15) is 4.79 Å². The van der Waals surface area contributed by atoms with Gasteiger partial charge in [-0.2, -0.15) is 0 Å². The number of anilines is 1.